The molecule has 7 rings (SSSR count). The maximum absolute atomic E-state index is 12.8. The van der Waals surface area contributed by atoms with Gasteiger partial charge in [-0.05, 0) is 18.9 Å². The second-order valence-corrected chi connectivity index (χ2v) is 9.96. The van der Waals surface area contributed by atoms with E-state index in [4.69, 9.17) is 9.84 Å². The summed E-state index contributed by atoms with van der Waals surface area (Å²) in [5.74, 6) is 0.811. The summed E-state index contributed by atoms with van der Waals surface area (Å²) in [6.45, 7) is 2.30. The van der Waals surface area contributed by atoms with E-state index in [9.17, 15) is 4.79 Å². The van der Waals surface area contributed by atoms with Crippen molar-refractivity contribution in [1.82, 2.24) is 34.2 Å². The summed E-state index contributed by atoms with van der Waals surface area (Å²) in [5.41, 5.74) is 6.58. The topological polar surface area (TPSA) is 119 Å². The van der Waals surface area contributed by atoms with Crippen LogP contribution in [-0.4, -0.2) is 60.3 Å². The number of anilines is 4. The Balaban J connectivity index is 1.24. The third kappa shape index (κ3) is 4.09. The molecule has 2 N–H and O–H groups in total. The maximum atomic E-state index is 12.8. The van der Waals surface area contributed by atoms with Crippen LogP contribution in [0.3, 0.4) is 0 Å². The first-order valence-electron chi connectivity index (χ1n) is 13.0. The van der Waals surface area contributed by atoms with Gasteiger partial charge in [-0.15, -0.1) is 0 Å². The Morgan fingerprint density at radius 3 is 2.74 bits per heavy atom. The van der Waals surface area contributed by atoms with Gasteiger partial charge in [0, 0.05) is 56.8 Å². The lowest BCUT2D eigenvalue weighted by atomic mass is 9.97. The van der Waals surface area contributed by atoms with E-state index in [1.165, 1.54) is 11.9 Å². The molecule has 12 heteroatoms. The summed E-state index contributed by atoms with van der Waals surface area (Å²) in [7, 11) is 3.87. The van der Waals surface area contributed by atoms with E-state index in [0.717, 1.165) is 55.1 Å². The number of aromatic nitrogens is 7. The molecule has 0 radical (unpaired) electrons. The summed E-state index contributed by atoms with van der Waals surface area (Å²) >= 11 is 0. The molecule has 1 amide bonds. The first-order chi connectivity index (χ1) is 19.0. The van der Waals surface area contributed by atoms with E-state index in [0.29, 0.717) is 28.9 Å². The average molecular weight is 525 g/mol. The molecule has 2 aliphatic rings. The molecule has 2 aliphatic heterocycles. The van der Waals surface area contributed by atoms with Crippen LogP contribution in [0.5, 0.6) is 0 Å². The quantitative estimate of drug-likeness (QED) is 0.358. The van der Waals surface area contributed by atoms with Gasteiger partial charge in [0.05, 0.1) is 53.8 Å². The number of para-hydroxylation sites is 1. The zero-order valence-corrected chi connectivity index (χ0v) is 21.7. The van der Waals surface area contributed by atoms with Gasteiger partial charge in [-0.3, -0.25) is 14.2 Å². The Kier molecular flexibility index (Phi) is 5.55. The predicted octanol–water partition coefficient (Wildman–Crippen LogP) is 3.62. The fourth-order valence-electron chi connectivity index (χ4n) is 5.52. The van der Waals surface area contributed by atoms with Crippen LogP contribution in [-0.2, 0) is 18.3 Å². The molecule has 0 saturated carbocycles. The first-order valence-corrected chi connectivity index (χ1v) is 13.0. The Labute approximate surface area is 224 Å². The molecule has 1 aromatic carbocycles. The summed E-state index contributed by atoms with van der Waals surface area (Å²) in [6.07, 6.45) is 8.82. The van der Waals surface area contributed by atoms with Crippen LogP contribution in [0, 0.1) is 0 Å². The normalized spacial score (nSPS) is 15.3. The van der Waals surface area contributed by atoms with Crippen molar-refractivity contribution in [2.24, 2.45) is 7.05 Å². The number of aryl methyl sites for hydroxylation is 1. The Morgan fingerprint density at radius 1 is 1.05 bits per heavy atom. The molecule has 4 aromatic heterocycles. The number of amides is 1. The van der Waals surface area contributed by atoms with Crippen molar-refractivity contribution in [2.75, 3.05) is 35.8 Å². The summed E-state index contributed by atoms with van der Waals surface area (Å²) in [6, 6.07) is 10.2. The first kappa shape index (κ1) is 23.4. The number of carbonyl (C=O) groups excluding carboxylic acids is 1. The largest absolute Gasteiger partial charge is 0.381 e. The summed E-state index contributed by atoms with van der Waals surface area (Å²) in [4.78, 5) is 19.6. The van der Waals surface area contributed by atoms with Gasteiger partial charge in [-0.1, -0.05) is 12.1 Å². The number of nitrogens with zero attached hydrogens (tertiary/aromatic N) is 8. The van der Waals surface area contributed by atoms with Crippen LogP contribution in [0.15, 0.2) is 55.1 Å². The molecule has 0 unspecified atom stereocenters. The average Bonchev–Trinajstić information content (AvgIpc) is 3.69. The van der Waals surface area contributed by atoms with Crippen molar-refractivity contribution in [2.45, 2.75) is 25.4 Å². The van der Waals surface area contributed by atoms with Gasteiger partial charge in [0.25, 0.3) is 5.91 Å². The molecule has 5 aromatic rings. The highest BCUT2D eigenvalue weighted by atomic mass is 16.5. The molecule has 6 heterocycles. The molecular formula is C27H28N10O2. The monoisotopic (exact) mass is 524 g/mol. The van der Waals surface area contributed by atoms with Gasteiger partial charge in [0.1, 0.15) is 11.6 Å². The lowest BCUT2D eigenvalue weighted by Crippen LogP contribution is -2.28. The minimum atomic E-state index is -0.281. The number of hydrogen-bond donors (Lipinski definition) is 2. The van der Waals surface area contributed by atoms with Gasteiger partial charge in [0.2, 0.25) is 0 Å². The molecule has 198 valence electrons. The van der Waals surface area contributed by atoms with Crippen molar-refractivity contribution >= 4 is 34.6 Å². The van der Waals surface area contributed by atoms with Crippen molar-refractivity contribution in [3.63, 3.8) is 0 Å². The molecule has 0 aliphatic carbocycles. The van der Waals surface area contributed by atoms with Crippen LogP contribution in [0.1, 0.15) is 34.9 Å². The fourth-order valence-corrected chi connectivity index (χ4v) is 5.52. The van der Waals surface area contributed by atoms with Gasteiger partial charge in [-0.25, -0.2) is 4.98 Å². The minimum absolute atomic E-state index is 0.281. The highest BCUT2D eigenvalue weighted by Crippen LogP contribution is 2.44. The highest BCUT2D eigenvalue weighted by Gasteiger charge is 2.29. The van der Waals surface area contributed by atoms with Crippen LogP contribution in [0.4, 0.5) is 23.0 Å². The third-order valence-electron chi connectivity index (χ3n) is 7.36. The van der Waals surface area contributed by atoms with E-state index in [2.05, 4.69) is 48.5 Å². The summed E-state index contributed by atoms with van der Waals surface area (Å²) < 4.78 is 11.1. The number of hydrogen-bond acceptors (Lipinski definition) is 8. The second-order valence-electron chi connectivity index (χ2n) is 9.96. The van der Waals surface area contributed by atoms with E-state index >= 15 is 0 Å². The number of rotatable bonds is 5. The molecule has 1 fully saturated rings. The highest BCUT2D eigenvalue weighted by molar-refractivity contribution is 6.03. The molecule has 1 saturated heterocycles. The minimum Gasteiger partial charge on any atom is -0.381 e. The van der Waals surface area contributed by atoms with E-state index < -0.39 is 0 Å². The van der Waals surface area contributed by atoms with Crippen molar-refractivity contribution in [1.29, 1.82) is 0 Å². The Bertz CT molecular complexity index is 1690. The lowest BCUT2D eigenvalue weighted by Gasteiger charge is -2.32. The van der Waals surface area contributed by atoms with Crippen LogP contribution in [0.2, 0.25) is 0 Å². The number of ether oxygens (including phenoxy) is 1. The molecule has 0 atom stereocenters. The maximum Gasteiger partial charge on any atom is 0.260 e. The predicted molar refractivity (Wildman–Crippen MR) is 146 cm³/mol. The number of benzene rings is 1. The van der Waals surface area contributed by atoms with E-state index in [1.807, 2.05) is 18.3 Å². The lowest BCUT2D eigenvalue weighted by molar-refractivity contribution is 0.0654. The van der Waals surface area contributed by atoms with Crippen molar-refractivity contribution in [3.05, 3.63) is 66.4 Å². The van der Waals surface area contributed by atoms with E-state index in [1.54, 1.807) is 40.8 Å². The third-order valence-corrected chi connectivity index (χ3v) is 7.36. The molecule has 39 heavy (non-hydrogen) atoms. The second kappa shape index (κ2) is 9.24. The SMILES string of the molecule is CN1Cc2c(cnn2C2CCOCC2)-c2cccc(Nc3cc(NC(=O)c4cnn(C)c4)nc4ccnn34)c21. The number of fused-ring (bicyclic) bond motifs is 4. The van der Waals surface area contributed by atoms with Gasteiger partial charge in [0.15, 0.2) is 5.65 Å². The van der Waals surface area contributed by atoms with Crippen LogP contribution in [0.25, 0.3) is 16.8 Å². The van der Waals surface area contributed by atoms with Crippen molar-refractivity contribution < 1.29 is 9.53 Å². The standard InChI is InChI=1S/C27H28N10O2/c1-34-16-22-20(14-30-36(22)18-7-10-39-11-8-18)19-4-3-5-21(26(19)34)31-25-12-23(32-24-6-9-28-37(24)25)33-27(38)17-13-29-35(2)15-17/h3-6,9,12-15,18,31H,7-8,10-11,16H2,1-2H3,(H,32,33,38). The number of nitrogens with one attached hydrogen (secondary N) is 2. The molecule has 0 spiro atoms. The zero-order valence-electron chi connectivity index (χ0n) is 21.7. The molecular weight excluding hydrogens is 496 g/mol. The zero-order chi connectivity index (χ0) is 26.5. The fraction of sp³-hybridized carbons (Fsp3) is 0.296. The number of carbonyl (C=O) groups is 1. The molecule has 12 nitrogen and oxygen atoms in total. The van der Waals surface area contributed by atoms with Gasteiger partial charge < -0.3 is 20.3 Å². The van der Waals surface area contributed by atoms with E-state index in [-0.39, 0.29) is 5.91 Å². The van der Waals surface area contributed by atoms with Gasteiger partial charge >= 0.3 is 0 Å². The smallest absolute Gasteiger partial charge is 0.260 e. The van der Waals surface area contributed by atoms with Gasteiger partial charge in [-0.2, -0.15) is 19.8 Å². The summed E-state index contributed by atoms with van der Waals surface area (Å²) in [5, 5.41) is 19.8. The Morgan fingerprint density at radius 2 is 1.92 bits per heavy atom. The molecule has 0 bridgehead atoms. The van der Waals surface area contributed by atoms with Crippen LogP contribution < -0.4 is 15.5 Å². The van der Waals surface area contributed by atoms with Crippen molar-refractivity contribution in [3.8, 4) is 11.1 Å². The van der Waals surface area contributed by atoms with Crippen LogP contribution >= 0.6 is 0 Å². The Hall–Kier alpha value is -4.71.